The number of hydrogen-bond donors (Lipinski definition) is 1. The highest BCUT2D eigenvalue weighted by atomic mass is 19.1. The molecule has 5 rings (SSSR count). The number of fused-ring (bicyclic) bond motifs is 3. The first-order valence-electron chi connectivity index (χ1n) is 9.88. The highest BCUT2D eigenvalue weighted by molar-refractivity contribution is 6.08. The van der Waals surface area contributed by atoms with Crippen LogP contribution in [0.4, 0.5) is 9.18 Å². The summed E-state index contributed by atoms with van der Waals surface area (Å²) in [7, 11) is 3.25. The molecule has 3 amide bonds. The fourth-order valence-corrected chi connectivity index (χ4v) is 5.73. The maximum Gasteiger partial charge on any atom is 0.325 e. The fourth-order valence-electron chi connectivity index (χ4n) is 5.73. The van der Waals surface area contributed by atoms with Crippen molar-refractivity contribution in [3.8, 4) is 0 Å². The lowest BCUT2D eigenvalue weighted by molar-refractivity contribution is -0.137. The third kappa shape index (κ3) is 2.13. The minimum atomic E-state index is -1.07. The van der Waals surface area contributed by atoms with Gasteiger partial charge in [-0.15, -0.1) is 0 Å². The summed E-state index contributed by atoms with van der Waals surface area (Å²) < 4.78 is 20.3. The van der Waals surface area contributed by atoms with Crippen LogP contribution in [-0.2, 0) is 21.5 Å². The SMILES string of the molecule is COC1CCC2(CC1)Cc1cc(F)c(C3CC3)cc1C21NC(=O)N(C)C1=O. The monoisotopic (exact) mass is 372 g/mol. The van der Waals surface area contributed by atoms with Crippen LogP contribution in [-0.4, -0.2) is 37.1 Å². The van der Waals surface area contributed by atoms with Gasteiger partial charge in [0.05, 0.1) is 6.10 Å². The van der Waals surface area contributed by atoms with Gasteiger partial charge in [0.1, 0.15) is 5.82 Å². The van der Waals surface area contributed by atoms with Gasteiger partial charge in [-0.2, -0.15) is 0 Å². The number of methoxy groups -OCH3 is 1. The van der Waals surface area contributed by atoms with E-state index in [1.807, 2.05) is 6.07 Å². The maximum absolute atomic E-state index is 14.7. The first kappa shape index (κ1) is 17.2. The summed E-state index contributed by atoms with van der Waals surface area (Å²) in [6.07, 6.45) is 6.03. The zero-order chi connectivity index (χ0) is 19.0. The van der Waals surface area contributed by atoms with Crippen LogP contribution in [0.3, 0.4) is 0 Å². The Morgan fingerprint density at radius 2 is 1.89 bits per heavy atom. The molecule has 0 bridgehead atoms. The number of benzene rings is 1. The molecule has 1 aliphatic heterocycles. The zero-order valence-corrected chi connectivity index (χ0v) is 15.8. The molecule has 2 saturated carbocycles. The van der Waals surface area contributed by atoms with Crippen LogP contribution < -0.4 is 5.32 Å². The van der Waals surface area contributed by atoms with Crippen molar-refractivity contribution in [3.05, 3.63) is 34.6 Å². The normalized spacial score (nSPS) is 35.2. The Morgan fingerprint density at radius 3 is 2.44 bits per heavy atom. The molecule has 27 heavy (non-hydrogen) atoms. The van der Waals surface area contributed by atoms with E-state index < -0.39 is 11.0 Å². The Balaban J connectivity index is 1.67. The number of urea groups is 1. The zero-order valence-electron chi connectivity index (χ0n) is 15.8. The second-order valence-corrected chi connectivity index (χ2v) is 8.74. The third-order valence-electron chi connectivity index (χ3n) is 7.42. The van der Waals surface area contributed by atoms with Crippen LogP contribution in [0.1, 0.15) is 61.1 Å². The number of halogens is 1. The maximum atomic E-state index is 14.7. The van der Waals surface area contributed by atoms with Gasteiger partial charge in [0, 0.05) is 19.6 Å². The van der Waals surface area contributed by atoms with Gasteiger partial charge in [-0.05, 0) is 79.7 Å². The minimum absolute atomic E-state index is 0.167. The molecule has 2 spiro atoms. The molecule has 1 N–H and O–H groups in total. The van der Waals surface area contributed by atoms with Gasteiger partial charge in [0.15, 0.2) is 5.54 Å². The lowest BCUT2D eigenvalue weighted by atomic mass is 9.61. The van der Waals surface area contributed by atoms with Crippen LogP contribution in [0.15, 0.2) is 12.1 Å². The largest absolute Gasteiger partial charge is 0.381 e. The number of nitrogens with zero attached hydrogens (tertiary/aromatic N) is 1. The topological polar surface area (TPSA) is 58.6 Å². The van der Waals surface area contributed by atoms with E-state index in [2.05, 4.69) is 5.32 Å². The van der Waals surface area contributed by atoms with E-state index in [9.17, 15) is 14.0 Å². The molecule has 3 aliphatic carbocycles. The van der Waals surface area contributed by atoms with Crippen molar-refractivity contribution in [2.75, 3.05) is 14.2 Å². The first-order valence-corrected chi connectivity index (χ1v) is 9.88. The average Bonchev–Trinajstić information content (AvgIpc) is 3.43. The van der Waals surface area contributed by atoms with Gasteiger partial charge in [-0.1, -0.05) is 0 Å². The van der Waals surface area contributed by atoms with E-state index in [1.54, 1.807) is 13.2 Å². The number of nitrogens with one attached hydrogen (secondary N) is 1. The van der Waals surface area contributed by atoms with Gasteiger partial charge in [0.25, 0.3) is 5.91 Å². The number of likely N-dealkylation sites (N-methyl/N-ethyl adjacent to an activating group) is 1. The van der Waals surface area contributed by atoms with Crippen molar-refractivity contribution in [1.29, 1.82) is 0 Å². The highest BCUT2D eigenvalue weighted by Gasteiger charge is 2.67. The molecule has 3 fully saturated rings. The summed E-state index contributed by atoms with van der Waals surface area (Å²) in [6.45, 7) is 0. The molecular formula is C21H25FN2O3. The third-order valence-corrected chi connectivity index (χ3v) is 7.42. The van der Waals surface area contributed by atoms with Gasteiger partial charge in [-0.3, -0.25) is 9.69 Å². The molecule has 6 heteroatoms. The summed E-state index contributed by atoms with van der Waals surface area (Å²) in [4.78, 5) is 27.1. The molecule has 0 radical (unpaired) electrons. The number of hydrogen-bond acceptors (Lipinski definition) is 3. The minimum Gasteiger partial charge on any atom is -0.381 e. The van der Waals surface area contributed by atoms with Crippen molar-refractivity contribution < 1.29 is 18.7 Å². The van der Waals surface area contributed by atoms with Gasteiger partial charge < -0.3 is 10.1 Å². The molecule has 1 aromatic carbocycles. The summed E-state index contributed by atoms with van der Waals surface area (Å²) in [5.74, 6) is -0.118. The van der Waals surface area contributed by atoms with E-state index >= 15 is 0 Å². The van der Waals surface area contributed by atoms with Gasteiger partial charge >= 0.3 is 6.03 Å². The Kier molecular flexibility index (Phi) is 3.52. The Labute approximate surface area is 158 Å². The van der Waals surface area contributed by atoms with Crippen LogP contribution in [0.2, 0.25) is 0 Å². The molecule has 144 valence electrons. The first-order chi connectivity index (χ1) is 12.9. The second kappa shape index (κ2) is 5.53. The molecule has 1 unspecified atom stereocenters. The van der Waals surface area contributed by atoms with Crippen molar-refractivity contribution >= 4 is 11.9 Å². The van der Waals surface area contributed by atoms with Crippen LogP contribution in [0.25, 0.3) is 0 Å². The van der Waals surface area contributed by atoms with E-state index in [0.29, 0.717) is 12.0 Å². The number of ether oxygens (including phenoxy) is 1. The van der Waals surface area contributed by atoms with Crippen LogP contribution >= 0.6 is 0 Å². The standard InChI is InChI=1S/C21H25FN2O3/c1-24-18(25)21(23-19(24)26)16-10-15(12-3-4-12)17(22)9-13(16)11-20(21)7-5-14(27-2)6-8-20/h9-10,12,14H,3-8,11H2,1-2H3,(H,23,26). The van der Waals surface area contributed by atoms with E-state index in [-0.39, 0.29) is 29.8 Å². The number of carbonyl (C=O) groups excluding carboxylic acids is 2. The van der Waals surface area contributed by atoms with Crippen molar-refractivity contribution in [3.63, 3.8) is 0 Å². The Morgan fingerprint density at radius 1 is 1.19 bits per heavy atom. The quantitative estimate of drug-likeness (QED) is 0.811. The van der Waals surface area contributed by atoms with Crippen LogP contribution in [0.5, 0.6) is 0 Å². The molecule has 5 nitrogen and oxygen atoms in total. The van der Waals surface area contributed by atoms with Crippen molar-refractivity contribution in [1.82, 2.24) is 10.2 Å². The fraction of sp³-hybridized carbons (Fsp3) is 0.619. The molecule has 1 saturated heterocycles. The smallest absolute Gasteiger partial charge is 0.325 e. The van der Waals surface area contributed by atoms with Crippen molar-refractivity contribution in [2.45, 2.75) is 62.5 Å². The Bertz CT molecular complexity index is 842. The van der Waals surface area contributed by atoms with Crippen LogP contribution in [0, 0.1) is 11.2 Å². The lowest BCUT2D eigenvalue weighted by Crippen LogP contribution is -2.56. The number of amides is 3. The highest BCUT2D eigenvalue weighted by Crippen LogP contribution is 2.60. The Hall–Kier alpha value is -1.95. The molecule has 1 atom stereocenters. The average molecular weight is 372 g/mol. The molecular weight excluding hydrogens is 347 g/mol. The summed E-state index contributed by atoms with van der Waals surface area (Å²) in [5.41, 5.74) is 0.925. The predicted octanol–water partition coefficient (Wildman–Crippen LogP) is 3.21. The van der Waals surface area contributed by atoms with E-state index in [1.165, 1.54) is 11.9 Å². The number of carbonyl (C=O) groups is 2. The summed E-state index contributed by atoms with van der Waals surface area (Å²) >= 11 is 0. The molecule has 4 aliphatic rings. The summed E-state index contributed by atoms with van der Waals surface area (Å²) in [6, 6.07) is 3.15. The number of rotatable bonds is 2. The van der Waals surface area contributed by atoms with E-state index in [0.717, 1.165) is 49.7 Å². The van der Waals surface area contributed by atoms with Gasteiger partial charge in [0.2, 0.25) is 0 Å². The second-order valence-electron chi connectivity index (χ2n) is 8.74. The number of imide groups is 1. The van der Waals surface area contributed by atoms with Crippen molar-refractivity contribution in [2.24, 2.45) is 5.41 Å². The lowest BCUT2D eigenvalue weighted by Gasteiger charge is -2.46. The summed E-state index contributed by atoms with van der Waals surface area (Å²) in [5, 5.41) is 3.06. The molecule has 1 aromatic rings. The van der Waals surface area contributed by atoms with Gasteiger partial charge in [-0.25, -0.2) is 9.18 Å². The predicted molar refractivity (Wildman–Crippen MR) is 96.8 cm³/mol. The molecule has 0 aromatic heterocycles. The molecule has 1 heterocycles. The van der Waals surface area contributed by atoms with E-state index in [4.69, 9.17) is 4.74 Å².